The standard InChI is InChI=1S/C14H21N3O2/c1-3-15-13-8-11(4-5-16-13)14(19)17(2)9-10-6-12(18)7-10/h4-5,8,10,12,18H,3,6-7,9H2,1-2H3,(H,15,16). The summed E-state index contributed by atoms with van der Waals surface area (Å²) in [7, 11) is 1.81. The molecule has 0 spiro atoms. The average molecular weight is 263 g/mol. The van der Waals surface area contributed by atoms with E-state index in [2.05, 4.69) is 10.3 Å². The molecule has 2 N–H and O–H groups in total. The molecule has 0 bridgehead atoms. The van der Waals surface area contributed by atoms with Crippen LogP contribution in [0.1, 0.15) is 30.1 Å². The van der Waals surface area contributed by atoms with Crippen molar-refractivity contribution in [1.82, 2.24) is 9.88 Å². The Morgan fingerprint density at radius 3 is 2.95 bits per heavy atom. The quantitative estimate of drug-likeness (QED) is 0.841. The lowest BCUT2D eigenvalue weighted by atomic mass is 9.82. The topological polar surface area (TPSA) is 65.5 Å². The van der Waals surface area contributed by atoms with Gasteiger partial charge in [0.05, 0.1) is 6.10 Å². The molecule has 0 saturated heterocycles. The fraction of sp³-hybridized carbons (Fsp3) is 0.571. The van der Waals surface area contributed by atoms with Gasteiger partial charge >= 0.3 is 0 Å². The molecular formula is C14H21N3O2. The third-order valence-corrected chi connectivity index (χ3v) is 3.45. The molecule has 1 fully saturated rings. The van der Waals surface area contributed by atoms with Crippen LogP contribution in [0.3, 0.4) is 0 Å². The maximum Gasteiger partial charge on any atom is 0.253 e. The number of amides is 1. The first kappa shape index (κ1) is 13.8. The lowest BCUT2D eigenvalue weighted by molar-refractivity contribution is 0.0265. The fourth-order valence-corrected chi connectivity index (χ4v) is 2.38. The normalized spacial score (nSPS) is 21.6. The average Bonchev–Trinajstić information content (AvgIpc) is 2.36. The van der Waals surface area contributed by atoms with Crippen molar-refractivity contribution in [2.24, 2.45) is 5.92 Å². The van der Waals surface area contributed by atoms with Crippen LogP contribution in [0, 0.1) is 5.92 Å². The third-order valence-electron chi connectivity index (χ3n) is 3.45. The molecule has 5 nitrogen and oxygen atoms in total. The number of hydrogen-bond donors (Lipinski definition) is 2. The first-order valence-electron chi connectivity index (χ1n) is 6.73. The van der Waals surface area contributed by atoms with Crippen LogP contribution in [-0.4, -0.2) is 47.1 Å². The van der Waals surface area contributed by atoms with Crippen LogP contribution in [-0.2, 0) is 0 Å². The molecule has 1 aliphatic carbocycles. The van der Waals surface area contributed by atoms with E-state index >= 15 is 0 Å². The van der Waals surface area contributed by atoms with Crippen LogP contribution in [0.15, 0.2) is 18.3 Å². The number of carbonyl (C=O) groups excluding carboxylic acids is 1. The Balaban J connectivity index is 1.96. The summed E-state index contributed by atoms with van der Waals surface area (Å²) in [6.07, 6.45) is 3.08. The number of aliphatic hydroxyl groups excluding tert-OH is 1. The predicted molar refractivity (Wildman–Crippen MR) is 74.1 cm³/mol. The molecule has 19 heavy (non-hydrogen) atoms. The molecule has 1 amide bonds. The molecule has 0 aromatic carbocycles. The molecule has 0 atom stereocenters. The molecule has 0 unspecified atom stereocenters. The van der Waals surface area contributed by atoms with Crippen LogP contribution in [0.2, 0.25) is 0 Å². The predicted octanol–water partition coefficient (Wildman–Crippen LogP) is 1.36. The highest BCUT2D eigenvalue weighted by molar-refractivity contribution is 5.94. The minimum atomic E-state index is -0.171. The minimum Gasteiger partial charge on any atom is -0.393 e. The number of aromatic nitrogens is 1. The lowest BCUT2D eigenvalue weighted by Crippen LogP contribution is -2.39. The summed E-state index contributed by atoms with van der Waals surface area (Å²) in [5.74, 6) is 1.16. The van der Waals surface area contributed by atoms with Gasteiger partial charge in [-0.1, -0.05) is 0 Å². The minimum absolute atomic E-state index is 0.00272. The zero-order valence-corrected chi connectivity index (χ0v) is 11.5. The van der Waals surface area contributed by atoms with E-state index in [1.165, 1.54) is 0 Å². The Labute approximate surface area is 113 Å². The van der Waals surface area contributed by atoms with E-state index in [4.69, 9.17) is 0 Å². The van der Waals surface area contributed by atoms with Crippen molar-refractivity contribution in [3.8, 4) is 0 Å². The first-order chi connectivity index (χ1) is 9.10. The van der Waals surface area contributed by atoms with Crippen LogP contribution < -0.4 is 5.32 Å². The maximum absolute atomic E-state index is 12.3. The number of anilines is 1. The molecule has 2 rings (SSSR count). The smallest absolute Gasteiger partial charge is 0.253 e. The summed E-state index contributed by atoms with van der Waals surface area (Å²) < 4.78 is 0. The van der Waals surface area contributed by atoms with Gasteiger partial charge in [0.15, 0.2) is 0 Å². The van der Waals surface area contributed by atoms with E-state index in [0.717, 1.165) is 25.2 Å². The number of carbonyl (C=O) groups is 1. The van der Waals surface area contributed by atoms with Gasteiger partial charge in [0.1, 0.15) is 5.82 Å². The number of aliphatic hydroxyl groups is 1. The van der Waals surface area contributed by atoms with Crippen molar-refractivity contribution < 1.29 is 9.90 Å². The van der Waals surface area contributed by atoms with Gasteiger partial charge in [0, 0.05) is 31.9 Å². The van der Waals surface area contributed by atoms with E-state index in [1.807, 2.05) is 6.92 Å². The van der Waals surface area contributed by atoms with Crippen LogP contribution in [0.4, 0.5) is 5.82 Å². The zero-order chi connectivity index (χ0) is 13.8. The van der Waals surface area contributed by atoms with Crippen molar-refractivity contribution in [1.29, 1.82) is 0 Å². The van der Waals surface area contributed by atoms with Crippen molar-refractivity contribution in [3.05, 3.63) is 23.9 Å². The van der Waals surface area contributed by atoms with Crippen molar-refractivity contribution in [2.45, 2.75) is 25.9 Å². The zero-order valence-electron chi connectivity index (χ0n) is 11.5. The van der Waals surface area contributed by atoms with Crippen LogP contribution in [0.25, 0.3) is 0 Å². The molecule has 1 aromatic rings. The SMILES string of the molecule is CCNc1cc(C(=O)N(C)CC2CC(O)C2)ccn1. The van der Waals surface area contributed by atoms with Crippen molar-refractivity contribution in [3.63, 3.8) is 0 Å². The highest BCUT2D eigenvalue weighted by Crippen LogP contribution is 2.27. The fourth-order valence-electron chi connectivity index (χ4n) is 2.38. The van der Waals surface area contributed by atoms with E-state index < -0.39 is 0 Å². The number of hydrogen-bond acceptors (Lipinski definition) is 4. The summed E-state index contributed by atoms with van der Waals surface area (Å²) in [5.41, 5.74) is 0.647. The molecule has 0 radical (unpaired) electrons. The second-order valence-electron chi connectivity index (χ2n) is 5.14. The Bertz CT molecular complexity index is 444. The van der Waals surface area contributed by atoms with Gasteiger partial charge in [-0.15, -0.1) is 0 Å². The van der Waals surface area contributed by atoms with Crippen molar-refractivity contribution in [2.75, 3.05) is 25.5 Å². The number of pyridine rings is 1. The molecule has 104 valence electrons. The Hall–Kier alpha value is -1.62. The van der Waals surface area contributed by atoms with E-state index in [9.17, 15) is 9.90 Å². The Morgan fingerprint density at radius 2 is 2.32 bits per heavy atom. The second-order valence-corrected chi connectivity index (χ2v) is 5.14. The number of rotatable bonds is 5. The van der Waals surface area contributed by atoms with Crippen molar-refractivity contribution >= 4 is 11.7 Å². The highest BCUT2D eigenvalue weighted by Gasteiger charge is 2.29. The van der Waals surface area contributed by atoms with E-state index in [-0.39, 0.29) is 12.0 Å². The van der Waals surface area contributed by atoms with Gasteiger partial charge < -0.3 is 15.3 Å². The molecule has 1 saturated carbocycles. The molecule has 1 aromatic heterocycles. The molecule has 5 heteroatoms. The summed E-state index contributed by atoms with van der Waals surface area (Å²) in [6, 6.07) is 3.51. The van der Waals surface area contributed by atoms with Gasteiger partial charge in [0.2, 0.25) is 0 Å². The van der Waals surface area contributed by atoms with Gasteiger partial charge in [-0.2, -0.15) is 0 Å². The summed E-state index contributed by atoms with van der Waals surface area (Å²) in [6.45, 7) is 3.47. The maximum atomic E-state index is 12.3. The van der Waals surface area contributed by atoms with Gasteiger partial charge in [-0.05, 0) is 37.8 Å². The Kier molecular flexibility index (Phi) is 4.37. The third kappa shape index (κ3) is 3.44. The summed E-state index contributed by atoms with van der Waals surface area (Å²) >= 11 is 0. The molecule has 1 heterocycles. The molecule has 0 aliphatic heterocycles. The highest BCUT2D eigenvalue weighted by atomic mass is 16.3. The number of nitrogens with zero attached hydrogens (tertiary/aromatic N) is 2. The second kappa shape index (κ2) is 6.02. The van der Waals surface area contributed by atoms with Gasteiger partial charge in [-0.25, -0.2) is 4.98 Å². The molecular weight excluding hydrogens is 242 g/mol. The van der Waals surface area contributed by atoms with E-state index in [0.29, 0.717) is 18.0 Å². The summed E-state index contributed by atoms with van der Waals surface area (Å²) in [4.78, 5) is 18.1. The van der Waals surface area contributed by atoms with Crippen LogP contribution in [0.5, 0.6) is 0 Å². The Morgan fingerprint density at radius 1 is 1.58 bits per heavy atom. The largest absolute Gasteiger partial charge is 0.393 e. The first-order valence-corrected chi connectivity index (χ1v) is 6.73. The van der Waals surface area contributed by atoms with Crippen LogP contribution >= 0.6 is 0 Å². The van der Waals surface area contributed by atoms with Gasteiger partial charge in [0.25, 0.3) is 5.91 Å². The lowest BCUT2D eigenvalue weighted by Gasteiger charge is -2.34. The van der Waals surface area contributed by atoms with Gasteiger partial charge in [-0.3, -0.25) is 4.79 Å². The molecule has 1 aliphatic rings. The van der Waals surface area contributed by atoms with E-state index in [1.54, 1.807) is 30.3 Å². The summed E-state index contributed by atoms with van der Waals surface area (Å²) in [5, 5.41) is 12.4. The monoisotopic (exact) mass is 263 g/mol. The number of nitrogens with one attached hydrogen (secondary N) is 1.